The van der Waals surface area contributed by atoms with Gasteiger partial charge in [-0.15, -0.1) is 0 Å². The fourth-order valence-corrected chi connectivity index (χ4v) is 4.03. The van der Waals surface area contributed by atoms with Gasteiger partial charge in [-0.25, -0.2) is 18.2 Å². The summed E-state index contributed by atoms with van der Waals surface area (Å²) in [7, 11) is -2.92. The van der Waals surface area contributed by atoms with E-state index in [-0.39, 0.29) is 27.5 Å². The number of benzene rings is 2. The Labute approximate surface area is 183 Å². The summed E-state index contributed by atoms with van der Waals surface area (Å²) < 4.78 is 39.3. The van der Waals surface area contributed by atoms with Crippen LogP contribution in [-0.2, 0) is 14.8 Å². The second kappa shape index (κ2) is 9.19. The van der Waals surface area contributed by atoms with Crippen molar-refractivity contribution in [1.82, 2.24) is 9.97 Å². The Bertz CT molecular complexity index is 1200. The van der Waals surface area contributed by atoms with Crippen molar-refractivity contribution in [2.45, 2.75) is 17.9 Å². The van der Waals surface area contributed by atoms with Crippen molar-refractivity contribution in [2.75, 3.05) is 11.8 Å². The first-order valence-electron chi connectivity index (χ1n) is 8.89. The van der Waals surface area contributed by atoms with Crippen molar-refractivity contribution in [3.63, 3.8) is 0 Å². The number of hydrogen-bond acceptors (Lipinski definition) is 7. The number of aromatic nitrogens is 2. The van der Waals surface area contributed by atoms with Crippen molar-refractivity contribution in [2.24, 2.45) is 0 Å². The highest BCUT2D eigenvalue weighted by atomic mass is 35.5. The van der Waals surface area contributed by atoms with Crippen LogP contribution in [-0.4, -0.2) is 42.7 Å². The van der Waals surface area contributed by atoms with Gasteiger partial charge in [-0.3, -0.25) is 4.72 Å². The van der Waals surface area contributed by atoms with Crippen LogP contribution in [0.5, 0.6) is 11.6 Å². The Morgan fingerprint density at radius 3 is 2.55 bits per heavy atom. The highest BCUT2D eigenvalue weighted by Gasteiger charge is 2.24. The van der Waals surface area contributed by atoms with Gasteiger partial charge in [-0.1, -0.05) is 41.9 Å². The number of ether oxygens (including phenoxy) is 2. The minimum atomic E-state index is -4.22. The normalized spacial score (nSPS) is 12.1. The molecule has 2 aromatic carbocycles. The number of sulfonamides is 1. The summed E-state index contributed by atoms with van der Waals surface area (Å²) in [4.78, 5) is 18.8. The smallest absolute Gasteiger partial charge is 0.344 e. The molecule has 0 fully saturated rings. The van der Waals surface area contributed by atoms with Crippen molar-refractivity contribution in [3.05, 3.63) is 59.9 Å². The van der Waals surface area contributed by atoms with E-state index in [1.165, 1.54) is 32.4 Å². The van der Waals surface area contributed by atoms with Gasteiger partial charge in [-0.05, 0) is 24.6 Å². The van der Waals surface area contributed by atoms with Crippen LogP contribution in [0.2, 0.25) is 5.15 Å². The number of carbonyl (C=O) groups is 1. The molecule has 1 aromatic heterocycles. The summed E-state index contributed by atoms with van der Waals surface area (Å²) in [5, 5.41) is 9.11. The monoisotopic (exact) mass is 463 g/mol. The minimum Gasteiger partial charge on any atom is -0.479 e. The number of carboxylic acid groups (broad SMARTS) is 1. The predicted molar refractivity (Wildman–Crippen MR) is 114 cm³/mol. The lowest BCUT2D eigenvalue weighted by atomic mass is 10.1. The van der Waals surface area contributed by atoms with Gasteiger partial charge in [0.25, 0.3) is 15.9 Å². The molecule has 0 spiro atoms. The first-order chi connectivity index (χ1) is 14.7. The summed E-state index contributed by atoms with van der Waals surface area (Å²) in [6, 6.07) is 13.1. The van der Waals surface area contributed by atoms with Gasteiger partial charge < -0.3 is 14.6 Å². The molecule has 0 radical (unpaired) electrons. The highest BCUT2D eigenvalue weighted by molar-refractivity contribution is 7.92. The molecular formula is C20H18ClN3O6S. The fourth-order valence-electron chi connectivity index (χ4n) is 2.66. The maximum absolute atomic E-state index is 13.3. The number of anilines is 1. The summed E-state index contributed by atoms with van der Waals surface area (Å²) in [5.74, 6) is -1.37. The summed E-state index contributed by atoms with van der Waals surface area (Å²) >= 11 is 5.79. The molecule has 1 unspecified atom stereocenters. The average molecular weight is 464 g/mol. The number of nitrogens with one attached hydrogen (secondary N) is 1. The van der Waals surface area contributed by atoms with Crippen LogP contribution in [0.15, 0.2) is 59.6 Å². The standard InChI is InChI=1S/C20H18ClN3O6S/c1-12(20(25)26)30-14-8-9-15(13-6-4-3-5-7-13)16(10-14)31(27,28)24-18-19(29-2)23-17(21)11-22-18/h3-12H,1-2H3,(H,22,24)(H,25,26). The number of aliphatic carboxylic acids is 1. The van der Waals surface area contributed by atoms with E-state index >= 15 is 0 Å². The van der Waals surface area contributed by atoms with Gasteiger partial charge >= 0.3 is 5.97 Å². The number of halogens is 1. The van der Waals surface area contributed by atoms with Gasteiger partial charge in [0.05, 0.1) is 18.2 Å². The lowest BCUT2D eigenvalue weighted by molar-refractivity contribution is -0.144. The molecule has 11 heteroatoms. The Morgan fingerprint density at radius 1 is 1.19 bits per heavy atom. The maximum Gasteiger partial charge on any atom is 0.344 e. The molecule has 0 aliphatic carbocycles. The molecule has 0 saturated carbocycles. The first kappa shape index (κ1) is 22.3. The molecule has 1 heterocycles. The summed E-state index contributed by atoms with van der Waals surface area (Å²) in [5.41, 5.74) is 1.01. The molecule has 9 nitrogen and oxygen atoms in total. The molecule has 2 N–H and O–H groups in total. The van der Waals surface area contributed by atoms with Gasteiger partial charge in [0.1, 0.15) is 5.75 Å². The molecular weight excluding hydrogens is 446 g/mol. The zero-order valence-corrected chi connectivity index (χ0v) is 18.0. The molecule has 0 amide bonds. The topological polar surface area (TPSA) is 128 Å². The molecule has 1 atom stereocenters. The molecule has 0 saturated heterocycles. The Morgan fingerprint density at radius 2 is 1.90 bits per heavy atom. The third-order valence-corrected chi connectivity index (χ3v) is 5.68. The van der Waals surface area contributed by atoms with Crippen molar-refractivity contribution >= 4 is 33.4 Å². The molecule has 162 valence electrons. The Balaban J connectivity index is 2.10. The lowest BCUT2D eigenvalue weighted by Gasteiger charge is -2.16. The van der Waals surface area contributed by atoms with Crippen LogP contribution in [0.1, 0.15) is 6.92 Å². The maximum atomic E-state index is 13.3. The number of rotatable bonds is 8. The molecule has 3 rings (SSSR count). The average Bonchev–Trinajstić information content (AvgIpc) is 2.75. The number of carboxylic acids is 1. The van der Waals surface area contributed by atoms with Crippen LogP contribution >= 0.6 is 11.6 Å². The van der Waals surface area contributed by atoms with E-state index in [0.29, 0.717) is 11.1 Å². The number of methoxy groups -OCH3 is 1. The SMILES string of the molecule is COc1nc(Cl)cnc1NS(=O)(=O)c1cc(OC(C)C(=O)O)ccc1-c1ccccc1. The highest BCUT2D eigenvalue weighted by Crippen LogP contribution is 2.33. The van der Waals surface area contributed by atoms with Gasteiger partial charge in [0.15, 0.2) is 11.3 Å². The van der Waals surface area contributed by atoms with Crippen LogP contribution < -0.4 is 14.2 Å². The molecule has 0 aliphatic heterocycles. The third-order valence-electron chi connectivity index (χ3n) is 4.12. The second-order valence-corrected chi connectivity index (χ2v) is 8.32. The zero-order valence-electron chi connectivity index (χ0n) is 16.4. The van der Waals surface area contributed by atoms with Crippen molar-refractivity contribution in [3.8, 4) is 22.8 Å². The van der Waals surface area contributed by atoms with E-state index in [4.69, 9.17) is 26.2 Å². The predicted octanol–water partition coefficient (Wildman–Crippen LogP) is 3.46. The zero-order chi connectivity index (χ0) is 22.6. The van der Waals surface area contributed by atoms with Crippen LogP contribution in [0.3, 0.4) is 0 Å². The molecule has 31 heavy (non-hydrogen) atoms. The summed E-state index contributed by atoms with van der Waals surface area (Å²) in [6.45, 7) is 1.34. The number of nitrogens with zero attached hydrogens (tertiary/aromatic N) is 2. The second-order valence-electron chi connectivity index (χ2n) is 6.28. The third kappa shape index (κ3) is 5.22. The fraction of sp³-hybridized carbons (Fsp3) is 0.150. The van der Waals surface area contributed by atoms with Crippen LogP contribution in [0.4, 0.5) is 5.82 Å². The lowest BCUT2D eigenvalue weighted by Crippen LogP contribution is -2.23. The van der Waals surface area contributed by atoms with E-state index in [2.05, 4.69) is 14.7 Å². The molecule has 3 aromatic rings. The van der Waals surface area contributed by atoms with Gasteiger partial charge in [0.2, 0.25) is 5.82 Å². The van der Waals surface area contributed by atoms with Crippen molar-refractivity contribution in [1.29, 1.82) is 0 Å². The Hall–Kier alpha value is -3.37. The van der Waals surface area contributed by atoms with E-state index in [1.807, 2.05) is 0 Å². The molecule has 0 aliphatic rings. The largest absolute Gasteiger partial charge is 0.479 e. The summed E-state index contributed by atoms with van der Waals surface area (Å²) in [6.07, 6.45) is 0.00185. The van der Waals surface area contributed by atoms with E-state index < -0.39 is 22.1 Å². The number of hydrogen-bond donors (Lipinski definition) is 2. The quantitative estimate of drug-likeness (QED) is 0.519. The van der Waals surface area contributed by atoms with Gasteiger partial charge in [-0.2, -0.15) is 4.98 Å². The van der Waals surface area contributed by atoms with Crippen molar-refractivity contribution < 1.29 is 27.8 Å². The minimum absolute atomic E-state index is 0.0304. The van der Waals surface area contributed by atoms with E-state index in [0.717, 1.165) is 0 Å². The first-order valence-corrected chi connectivity index (χ1v) is 10.8. The van der Waals surface area contributed by atoms with E-state index in [1.54, 1.807) is 36.4 Å². The van der Waals surface area contributed by atoms with Crippen LogP contribution in [0.25, 0.3) is 11.1 Å². The van der Waals surface area contributed by atoms with Crippen LogP contribution in [0, 0.1) is 0 Å². The Kier molecular flexibility index (Phi) is 6.62. The van der Waals surface area contributed by atoms with E-state index in [9.17, 15) is 13.2 Å². The van der Waals surface area contributed by atoms with Gasteiger partial charge in [0, 0.05) is 11.6 Å². The molecule has 0 bridgehead atoms.